The van der Waals surface area contributed by atoms with Gasteiger partial charge in [0.25, 0.3) is 5.95 Å². The van der Waals surface area contributed by atoms with Gasteiger partial charge in [-0.1, -0.05) is 29.3 Å². The molecule has 7 nitrogen and oxygen atoms in total. The predicted molar refractivity (Wildman–Crippen MR) is 115 cm³/mol. The highest BCUT2D eigenvalue weighted by molar-refractivity contribution is 6.36. The lowest BCUT2D eigenvalue weighted by Crippen LogP contribution is -2.08. The Morgan fingerprint density at radius 2 is 1.76 bits per heavy atom. The van der Waals surface area contributed by atoms with E-state index in [1.165, 1.54) is 0 Å². The fourth-order valence-electron chi connectivity index (χ4n) is 2.38. The Bertz CT molecular complexity index is 1050. The molecular weight excluding hydrogens is 409 g/mol. The van der Waals surface area contributed by atoms with E-state index in [4.69, 9.17) is 28.5 Å². The number of nitriles is 1. The summed E-state index contributed by atoms with van der Waals surface area (Å²) < 4.78 is 0. The van der Waals surface area contributed by atoms with Crippen molar-refractivity contribution in [3.8, 4) is 6.07 Å². The van der Waals surface area contributed by atoms with Crippen LogP contribution < -0.4 is 5.32 Å². The molecule has 0 aliphatic rings. The van der Waals surface area contributed by atoms with Crippen LogP contribution in [0.1, 0.15) is 17.0 Å². The van der Waals surface area contributed by atoms with Gasteiger partial charge in [-0.3, -0.25) is 0 Å². The maximum atomic E-state index is 8.94. The van der Waals surface area contributed by atoms with Crippen LogP contribution in [-0.2, 0) is 6.42 Å². The van der Waals surface area contributed by atoms with Crippen LogP contribution in [0, 0.1) is 11.3 Å². The van der Waals surface area contributed by atoms with Crippen molar-refractivity contribution in [3.63, 3.8) is 0 Å². The van der Waals surface area contributed by atoms with E-state index in [9.17, 15) is 0 Å². The maximum Gasteiger partial charge on any atom is 0.255 e. The summed E-state index contributed by atoms with van der Waals surface area (Å²) in [6.45, 7) is 0. The van der Waals surface area contributed by atoms with Crippen LogP contribution in [0.15, 0.2) is 47.5 Å². The molecule has 0 radical (unpaired) electrons. The zero-order valence-electron chi connectivity index (χ0n) is 15.8. The first-order valence-electron chi connectivity index (χ1n) is 8.60. The van der Waals surface area contributed by atoms with Gasteiger partial charge in [0.05, 0.1) is 18.0 Å². The second kappa shape index (κ2) is 9.32. The molecule has 0 bridgehead atoms. The van der Waals surface area contributed by atoms with Gasteiger partial charge in [0.1, 0.15) is 5.82 Å². The summed E-state index contributed by atoms with van der Waals surface area (Å²) in [7, 11) is 3.70. The lowest BCUT2D eigenvalue weighted by Gasteiger charge is -2.10. The summed E-state index contributed by atoms with van der Waals surface area (Å²) in [5, 5.41) is 13.1. The largest absolute Gasteiger partial charge is 0.369 e. The SMILES string of the molecule is CN(C)/C=N/c1nc(Cc2c(Cl)cccc2Cl)nc(Nc2ccc(C#N)cc2)n1. The van der Waals surface area contributed by atoms with E-state index in [1.807, 2.05) is 14.1 Å². The van der Waals surface area contributed by atoms with Crippen molar-refractivity contribution < 1.29 is 0 Å². The monoisotopic (exact) mass is 425 g/mol. The zero-order chi connectivity index (χ0) is 20.8. The molecule has 146 valence electrons. The number of rotatable bonds is 6. The van der Waals surface area contributed by atoms with Crippen LogP contribution in [-0.4, -0.2) is 40.3 Å². The highest BCUT2D eigenvalue weighted by atomic mass is 35.5. The minimum absolute atomic E-state index is 0.253. The molecule has 0 aliphatic heterocycles. The first kappa shape index (κ1) is 20.5. The number of nitrogens with zero attached hydrogens (tertiary/aromatic N) is 6. The van der Waals surface area contributed by atoms with Crippen molar-refractivity contribution in [2.45, 2.75) is 6.42 Å². The molecule has 0 atom stereocenters. The van der Waals surface area contributed by atoms with Gasteiger partial charge in [-0.2, -0.15) is 20.2 Å². The smallest absolute Gasteiger partial charge is 0.255 e. The number of anilines is 2. The Morgan fingerprint density at radius 1 is 1.07 bits per heavy atom. The third kappa shape index (κ3) is 5.64. The third-order valence-corrected chi connectivity index (χ3v) is 4.45. The van der Waals surface area contributed by atoms with Crippen LogP contribution in [0.4, 0.5) is 17.6 Å². The molecule has 1 N–H and O–H groups in total. The molecule has 0 spiro atoms. The topological polar surface area (TPSA) is 90.1 Å². The van der Waals surface area contributed by atoms with Crippen LogP contribution in [0.25, 0.3) is 0 Å². The van der Waals surface area contributed by atoms with Crippen molar-refractivity contribution in [1.29, 1.82) is 5.26 Å². The van der Waals surface area contributed by atoms with E-state index in [-0.39, 0.29) is 5.95 Å². The quantitative estimate of drug-likeness (QED) is 0.458. The van der Waals surface area contributed by atoms with Gasteiger partial charge >= 0.3 is 0 Å². The molecule has 9 heteroatoms. The normalized spacial score (nSPS) is 10.7. The van der Waals surface area contributed by atoms with Gasteiger partial charge in [0, 0.05) is 36.2 Å². The van der Waals surface area contributed by atoms with Crippen LogP contribution >= 0.6 is 23.2 Å². The summed E-state index contributed by atoms with van der Waals surface area (Å²) >= 11 is 12.6. The van der Waals surface area contributed by atoms with Gasteiger partial charge in [0.2, 0.25) is 5.95 Å². The van der Waals surface area contributed by atoms with Crippen molar-refractivity contribution in [3.05, 3.63) is 69.5 Å². The van der Waals surface area contributed by atoms with Crippen molar-refractivity contribution >= 4 is 47.1 Å². The molecule has 3 rings (SSSR count). The van der Waals surface area contributed by atoms with Crippen molar-refractivity contribution in [2.24, 2.45) is 4.99 Å². The lowest BCUT2D eigenvalue weighted by molar-refractivity contribution is 0.642. The number of aliphatic imine (C=N–C) groups is 1. The van der Waals surface area contributed by atoms with Crippen molar-refractivity contribution in [1.82, 2.24) is 19.9 Å². The van der Waals surface area contributed by atoms with Crippen molar-refractivity contribution in [2.75, 3.05) is 19.4 Å². The average molecular weight is 426 g/mol. The minimum Gasteiger partial charge on any atom is -0.369 e. The number of benzene rings is 2. The van der Waals surface area contributed by atoms with E-state index >= 15 is 0 Å². The molecule has 0 fully saturated rings. The Labute approximate surface area is 178 Å². The van der Waals surface area contributed by atoms with Gasteiger partial charge in [-0.25, -0.2) is 4.99 Å². The van der Waals surface area contributed by atoms with Gasteiger partial charge < -0.3 is 10.2 Å². The fourth-order valence-corrected chi connectivity index (χ4v) is 2.91. The molecule has 0 saturated carbocycles. The fraction of sp³-hybridized carbons (Fsp3) is 0.150. The van der Waals surface area contributed by atoms with Crippen LogP contribution in [0.5, 0.6) is 0 Å². The highest BCUT2D eigenvalue weighted by Crippen LogP contribution is 2.27. The number of hydrogen-bond acceptors (Lipinski definition) is 6. The number of nitrogens with one attached hydrogen (secondary N) is 1. The van der Waals surface area contributed by atoms with Crippen LogP contribution in [0.3, 0.4) is 0 Å². The minimum atomic E-state index is 0.253. The summed E-state index contributed by atoms with van der Waals surface area (Å²) in [5.41, 5.74) is 2.03. The molecular formula is C20H17Cl2N7. The summed E-state index contributed by atoms with van der Waals surface area (Å²) in [6.07, 6.45) is 1.93. The molecule has 1 aromatic heterocycles. The van der Waals surface area contributed by atoms with E-state index in [0.29, 0.717) is 33.8 Å². The third-order valence-electron chi connectivity index (χ3n) is 3.74. The van der Waals surface area contributed by atoms with Crippen LogP contribution in [0.2, 0.25) is 10.0 Å². The summed E-state index contributed by atoms with van der Waals surface area (Å²) in [4.78, 5) is 19.3. The van der Waals surface area contributed by atoms with E-state index < -0.39 is 0 Å². The zero-order valence-corrected chi connectivity index (χ0v) is 17.3. The number of aromatic nitrogens is 3. The Balaban J connectivity index is 1.95. The molecule has 0 amide bonds. The summed E-state index contributed by atoms with van der Waals surface area (Å²) in [6, 6.07) is 14.4. The number of halogens is 2. The second-order valence-electron chi connectivity index (χ2n) is 6.27. The Kier molecular flexibility index (Phi) is 6.60. The Hall–Kier alpha value is -3.21. The molecule has 3 aromatic rings. The van der Waals surface area contributed by atoms with E-state index in [1.54, 1.807) is 53.7 Å². The van der Waals surface area contributed by atoms with E-state index in [2.05, 4.69) is 31.3 Å². The lowest BCUT2D eigenvalue weighted by atomic mass is 10.1. The van der Waals surface area contributed by atoms with Gasteiger partial charge in [0.15, 0.2) is 0 Å². The standard InChI is InChI=1S/C20H17Cl2N7/c1-29(2)12-24-19-26-18(10-15-16(21)4-3-5-17(15)22)27-20(28-19)25-14-8-6-13(11-23)7-9-14/h3-9,12H,10H2,1-2H3,(H,25,26,27,28)/b24-12+. The molecule has 0 saturated heterocycles. The first-order valence-corrected chi connectivity index (χ1v) is 9.36. The average Bonchev–Trinajstić information content (AvgIpc) is 2.70. The summed E-state index contributed by atoms with van der Waals surface area (Å²) in [5.74, 6) is 1.05. The molecule has 2 aromatic carbocycles. The highest BCUT2D eigenvalue weighted by Gasteiger charge is 2.12. The van der Waals surface area contributed by atoms with Gasteiger partial charge in [-0.05, 0) is 42.0 Å². The van der Waals surface area contributed by atoms with Gasteiger partial charge in [-0.15, -0.1) is 0 Å². The first-order chi connectivity index (χ1) is 13.9. The second-order valence-corrected chi connectivity index (χ2v) is 7.09. The predicted octanol–water partition coefficient (Wildman–Crippen LogP) is 4.61. The maximum absolute atomic E-state index is 8.94. The molecule has 29 heavy (non-hydrogen) atoms. The molecule has 1 heterocycles. The molecule has 0 unspecified atom stereocenters. The van der Waals surface area contributed by atoms with E-state index in [0.717, 1.165) is 11.3 Å². The molecule has 0 aliphatic carbocycles. The number of hydrogen-bond donors (Lipinski definition) is 1. The Morgan fingerprint density at radius 3 is 2.38 bits per heavy atom.